The maximum Gasteiger partial charge on any atom is 0.312 e. The Balaban J connectivity index is 3.82. The second-order valence-electron chi connectivity index (χ2n) is 12.6. The number of ether oxygens (including phenoxy) is 2. The molecule has 6 atom stereocenters. The van der Waals surface area contributed by atoms with Gasteiger partial charge < -0.3 is 31.5 Å². The quantitative estimate of drug-likeness (QED) is 0.139. The van der Waals surface area contributed by atoms with Crippen LogP contribution in [0.1, 0.15) is 80.2 Å². The highest BCUT2D eigenvalue weighted by Gasteiger charge is 2.61. The molecule has 0 bridgehead atoms. The summed E-state index contributed by atoms with van der Waals surface area (Å²) >= 11 is 0. The number of hydrogen-bond donors (Lipinski definition) is 3. The number of carbonyl (C=O) groups is 6. The summed E-state index contributed by atoms with van der Waals surface area (Å²) in [7, 11) is 0. The Labute approximate surface area is 260 Å². The molecule has 0 aliphatic carbocycles. The van der Waals surface area contributed by atoms with Gasteiger partial charge in [-0.25, -0.2) is 0 Å². The molecule has 0 heterocycles. The van der Waals surface area contributed by atoms with Crippen molar-refractivity contribution in [3.8, 4) is 0 Å². The van der Waals surface area contributed by atoms with Gasteiger partial charge in [-0.15, -0.1) is 0 Å². The molecule has 2 amide bonds. The second-order valence-corrected chi connectivity index (χ2v) is 12.6. The van der Waals surface area contributed by atoms with Gasteiger partial charge in [0.05, 0.1) is 24.0 Å². The molecule has 1 rings (SSSR count). The van der Waals surface area contributed by atoms with Gasteiger partial charge in [-0.05, 0) is 51.5 Å². The molecule has 0 unspecified atom stereocenters. The third-order valence-corrected chi connectivity index (χ3v) is 7.35. The van der Waals surface area contributed by atoms with Crippen molar-refractivity contribution >= 4 is 35.8 Å². The number of aldehydes is 1. The number of hydrogen-bond acceptors (Lipinski definition) is 11. The number of carbonyl (C=O) groups excluding carboxylic acids is 6. The summed E-state index contributed by atoms with van der Waals surface area (Å²) in [6, 6.07) is 4.40. The number of nitrogens with zero attached hydrogens (tertiary/aromatic N) is 1. The zero-order chi connectivity index (χ0) is 34.0. The maximum atomic E-state index is 14.4. The van der Waals surface area contributed by atoms with E-state index in [0.717, 1.165) is 0 Å². The van der Waals surface area contributed by atoms with Crippen molar-refractivity contribution < 1.29 is 38.2 Å². The first-order valence-electron chi connectivity index (χ1n) is 14.9. The van der Waals surface area contributed by atoms with Crippen LogP contribution in [0.5, 0.6) is 0 Å². The van der Waals surface area contributed by atoms with Crippen molar-refractivity contribution in [3.63, 3.8) is 0 Å². The highest BCUT2D eigenvalue weighted by Crippen LogP contribution is 2.35. The lowest BCUT2D eigenvalue weighted by Crippen LogP contribution is -2.73. The van der Waals surface area contributed by atoms with E-state index in [1.54, 1.807) is 78.8 Å². The van der Waals surface area contributed by atoms with Crippen molar-refractivity contribution in [2.45, 2.75) is 111 Å². The number of rotatable bonds is 16. The van der Waals surface area contributed by atoms with E-state index in [2.05, 4.69) is 0 Å². The van der Waals surface area contributed by atoms with E-state index in [4.69, 9.17) is 26.7 Å². The number of esters is 2. The van der Waals surface area contributed by atoms with Gasteiger partial charge >= 0.3 is 11.9 Å². The van der Waals surface area contributed by atoms with Crippen LogP contribution in [-0.4, -0.2) is 70.0 Å². The fourth-order valence-electron chi connectivity index (χ4n) is 4.78. The fraction of sp³-hybridized carbons (Fsp3) is 0.625. The predicted octanol–water partition coefficient (Wildman–Crippen LogP) is 2.03. The fourth-order valence-corrected chi connectivity index (χ4v) is 4.78. The Morgan fingerprint density at radius 3 is 1.95 bits per heavy atom. The summed E-state index contributed by atoms with van der Waals surface area (Å²) < 4.78 is 10.8. The van der Waals surface area contributed by atoms with Crippen LogP contribution < -0.4 is 17.2 Å². The molecule has 246 valence electrons. The minimum absolute atomic E-state index is 0.102. The molecule has 1 aromatic rings. The molecule has 12 heteroatoms. The average Bonchev–Trinajstić information content (AvgIpc) is 2.96. The monoisotopic (exact) mass is 618 g/mol. The molecular weight excluding hydrogens is 568 g/mol. The third-order valence-electron chi connectivity index (χ3n) is 7.35. The van der Waals surface area contributed by atoms with Gasteiger partial charge in [0.15, 0.2) is 17.6 Å². The summed E-state index contributed by atoms with van der Waals surface area (Å²) in [5.74, 6) is -7.96. The SMILES string of the molecule is CC[C@H](C)[C@H](N)C(=O)[C@@](C=O)([C@@H](C(=O)OCc1ccccc1)C(C)C)N(C(=O)[C@H](C)N)C(=O)[C@@H](N)CCC(=O)OC(C)(C)C. The van der Waals surface area contributed by atoms with Crippen LogP contribution in [0.4, 0.5) is 0 Å². The zero-order valence-electron chi connectivity index (χ0n) is 27.2. The first-order chi connectivity index (χ1) is 20.3. The molecule has 0 saturated heterocycles. The molecule has 0 saturated carbocycles. The van der Waals surface area contributed by atoms with Gasteiger partial charge in [0.25, 0.3) is 0 Å². The standard InChI is InChI=1S/C32H50N4O8/c1-9-20(4)26(35)27(39)32(18-37,25(19(2)3)30(42)43-17-22-13-11-10-12-14-22)36(28(40)21(5)33)29(41)23(34)15-16-24(38)44-31(6,7)8/h10-14,18-21,23,25-26H,9,15-17,33-35H2,1-8H3/t20-,21-,23-,25+,26-,32+/m0/s1. The van der Waals surface area contributed by atoms with Gasteiger partial charge in [0.2, 0.25) is 11.8 Å². The maximum absolute atomic E-state index is 14.4. The lowest BCUT2D eigenvalue weighted by Gasteiger charge is -2.45. The molecule has 1 aromatic carbocycles. The van der Waals surface area contributed by atoms with Crippen molar-refractivity contribution in [1.82, 2.24) is 4.90 Å². The Bertz CT molecular complexity index is 1160. The Morgan fingerprint density at radius 1 is 0.932 bits per heavy atom. The van der Waals surface area contributed by atoms with Gasteiger partial charge in [0, 0.05) is 6.42 Å². The minimum Gasteiger partial charge on any atom is -0.461 e. The van der Waals surface area contributed by atoms with Crippen molar-refractivity contribution in [3.05, 3.63) is 35.9 Å². The summed E-state index contributed by atoms with van der Waals surface area (Å²) in [5, 5.41) is 0. The van der Waals surface area contributed by atoms with Crippen LogP contribution in [0.2, 0.25) is 0 Å². The number of imide groups is 1. The van der Waals surface area contributed by atoms with Crippen LogP contribution in [0, 0.1) is 17.8 Å². The molecule has 0 spiro atoms. The molecule has 0 aromatic heterocycles. The smallest absolute Gasteiger partial charge is 0.312 e. The third kappa shape index (κ3) is 9.76. The highest BCUT2D eigenvalue weighted by molar-refractivity contribution is 6.17. The summed E-state index contributed by atoms with van der Waals surface area (Å²) in [6.07, 6.45) is -0.0740. The number of benzene rings is 1. The van der Waals surface area contributed by atoms with Crippen LogP contribution in [0.25, 0.3) is 0 Å². The molecule has 0 aliphatic rings. The zero-order valence-corrected chi connectivity index (χ0v) is 27.2. The van der Waals surface area contributed by atoms with Crippen LogP contribution in [0.3, 0.4) is 0 Å². The summed E-state index contributed by atoms with van der Waals surface area (Å²) in [5.41, 5.74) is 15.6. The lowest BCUT2D eigenvalue weighted by atomic mass is 9.70. The van der Waals surface area contributed by atoms with E-state index in [1.165, 1.54) is 6.92 Å². The molecule has 0 fully saturated rings. The number of Topliss-reactive ketones (excluding diaryl/α,β-unsaturated/α-hetero) is 1. The average molecular weight is 619 g/mol. The molecular formula is C32H50N4O8. The van der Waals surface area contributed by atoms with Gasteiger partial charge in [-0.2, -0.15) is 0 Å². The first-order valence-corrected chi connectivity index (χ1v) is 14.9. The predicted molar refractivity (Wildman–Crippen MR) is 164 cm³/mol. The van der Waals surface area contributed by atoms with Gasteiger partial charge in [0.1, 0.15) is 12.2 Å². The Kier molecular flexibility index (Phi) is 14.5. The largest absolute Gasteiger partial charge is 0.461 e. The number of ketones is 1. The number of amides is 2. The van der Waals surface area contributed by atoms with E-state index in [0.29, 0.717) is 16.9 Å². The van der Waals surface area contributed by atoms with Crippen LogP contribution >= 0.6 is 0 Å². The van der Waals surface area contributed by atoms with Crippen molar-refractivity contribution in [2.24, 2.45) is 35.0 Å². The van der Waals surface area contributed by atoms with E-state index in [-0.39, 0.29) is 25.7 Å². The molecule has 12 nitrogen and oxygen atoms in total. The normalized spacial score (nSPS) is 16.5. The van der Waals surface area contributed by atoms with Gasteiger partial charge in [-0.1, -0.05) is 64.4 Å². The van der Waals surface area contributed by atoms with E-state index < -0.39 is 76.6 Å². The van der Waals surface area contributed by atoms with E-state index >= 15 is 0 Å². The second kappa shape index (κ2) is 16.6. The van der Waals surface area contributed by atoms with Gasteiger partial charge in [-0.3, -0.25) is 28.9 Å². The number of nitrogens with two attached hydrogens (primary N) is 3. The first kappa shape index (κ1) is 38.5. The van der Waals surface area contributed by atoms with Crippen LogP contribution in [-0.2, 0) is 44.8 Å². The molecule has 0 aliphatic heterocycles. The van der Waals surface area contributed by atoms with E-state index in [1.807, 2.05) is 0 Å². The molecule has 44 heavy (non-hydrogen) atoms. The molecule has 0 radical (unpaired) electrons. The minimum atomic E-state index is -2.75. The van der Waals surface area contributed by atoms with E-state index in [9.17, 15) is 28.8 Å². The van der Waals surface area contributed by atoms with Crippen molar-refractivity contribution in [1.29, 1.82) is 0 Å². The summed E-state index contributed by atoms with van der Waals surface area (Å²) in [4.78, 5) is 82.1. The highest BCUT2D eigenvalue weighted by atomic mass is 16.6. The summed E-state index contributed by atoms with van der Waals surface area (Å²) in [6.45, 7) is 12.6. The lowest BCUT2D eigenvalue weighted by molar-refractivity contribution is -0.175. The molecule has 6 N–H and O–H groups in total. The van der Waals surface area contributed by atoms with Crippen LogP contribution in [0.15, 0.2) is 30.3 Å². The Hall–Kier alpha value is -3.48. The topological polar surface area (TPSA) is 202 Å². The Morgan fingerprint density at radius 2 is 1.50 bits per heavy atom. The van der Waals surface area contributed by atoms with Crippen molar-refractivity contribution in [2.75, 3.05) is 0 Å².